The number of hydrogen-bond donors (Lipinski definition) is 8. The third-order valence-electron chi connectivity index (χ3n) is 2.69. The number of aliphatic hydroxyl groups is 2. The van der Waals surface area contributed by atoms with E-state index in [2.05, 4.69) is 0 Å². The van der Waals surface area contributed by atoms with E-state index in [1.54, 1.807) is 0 Å². The molecule has 0 aromatic carbocycles. The first-order valence-electron chi connectivity index (χ1n) is 6.43. The largest absolute Gasteiger partial charge is 0.481 e. The molecule has 0 saturated carbocycles. The topological polar surface area (TPSA) is 264 Å². The van der Waals surface area contributed by atoms with Crippen LogP contribution in [-0.4, -0.2) is 88.9 Å². The van der Waals surface area contributed by atoms with Crippen molar-refractivity contribution in [2.45, 2.75) is 25.0 Å². The average molecular weight is 969 g/mol. The van der Waals surface area contributed by atoms with Gasteiger partial charge in [0.15, 0.2) is 12.2 Å². The van der Waals surface area contributed by atoms with E-state index in [9.17, 15) is 28.8 Å². The van der Waals surface area contributed by atoms with Crippen molar-refractivity contribution >= 4 is 35.8 Å². The molecule has 0 aromatic heterocycles. The normalized spacial score (nSPS) is 13.0. The number of aliphatic hydroxyl groups excluding tert-OH is 2. The van der Waals surface area contributed by atoms with Gasteiger partial charge in [-0.15, -0.1) is 0 Å². The van der Waals surface area contributed by atoms with Crippen molar-refractivity contribution < 1.29 is 133 Å². The summed E-state index contributed by atoms with van der Waals surface area (Å²) in [7, 11) is 0. The molecule has 0 heterocycles. The van der Waals surface area contributed by atoms with Crippen molar-refractivity contribution in [3.63, 3.8) is 0 Å². The Kier molecular flexibility index (Phi) is 24.9. The van der Waals surface area contributed by atoms with E-state index in [1.807, 2.05) is 0 Å². The van der Waals surface area contributed by atoms with Crippen LogP contribution in [-0.2, 0) is 92.0 Å². The van der Waals surface area contributed by atoms with Crippen LogP contribution in [0.25, 0.3) is 0 Å². The molecule has 0 rings (SSSR count). The summed E-state index contributed by atoms with van der Waals surface area (Å²) in [5, 5.41) is 67.0. The predicted molar refractivity (Wildman–Crippen MR) is 74.0 cm³/mol. The zero-order valence-corrected chi connectivity index (χ0v) is 20.5. The first kappa shape index (κ1) is 38.4. The van der Waals surface area contributed by atoms with Gasteiger partial charge in [-0.25, -0.2) is 9.59 Å². The third-order valence-corrected chi connectivity index (χ3v) is 2.69. The molecular weight excluding hydrogens is 953 g/mol. The van der Waals surface area contributed by atoms with Crippen LogP contribution in [0.3, 0.4) is 0 Å². The maximum absolute atomic E-state index is 10.3. The Hall–Kier alpha value is -1.20. The monoisotopic (exact) mass is 969 g/mol. The second-order valence-electron chi connectivity index (χ2n) is 4.65. The van der Waals surface area contributed by atoms with Gasteiger partial charge in [0, 0.05) is 63.2 Å². The molecule has 17 heteroatoms. The Morgan fingerprint density at radius 3 is 0.793 bits per heavy atom. The second kappa shape index (κ2) is 18.8. The fourth-order valence-electron chi connectivity index (χ4n) is 1.39. The minimum absolute atomic E-state index is 0. The van der Waals surface area contributed by atoms with Gasteiger partial charge in [-0.1, -0.05) is 0 Å². The minimum atomic E-state index is -2.20. The molecule has 0 fully saturated rings. The summed E-state index contributed by atoms with van der Waals surface area (Å²) in [5.74, 6) is -13.4. The predicted octanol–water partition coefficient (Wildman–Crippen LogP) is -2.79. The van der Waals surface area contributed by atoms with Crippen LogP contribution in [0.5, 0.6) is 0 Å². The van der Waals surface area contributed by atoms with Crippen LogP contribution in [0.15, 0.2) is 0 Å². The second-order valence-corrected chi connectivity index (χ2v) is 4.65. The van der Waals surface area contributed by atoms with Crippen LogP contribution < -0.4 is 0 Å². The molecule has 29 heavy (non-hydrogen) atoms. The van der Waals surface area contributed by atoms with Crippen LogP contribution in [0.4, 0.5) is 0 Å². The number of carboxylic acids is 6. The number of aliphatic carboxylic acids is 6. The Labute approximate surface area is 204 Å². The number of rotatable bonds is 10. The third kappa shape index (κ3) is 17.4. The van der Waals surface area contributed by atoms with Crippen molar-refractivity contribution in [3.05, 3.63) is 0 Å². The van der Waals surface area contributed by atoms with Gasteiger partial charge in [-0.3, -0.25) is 19.2 Å². The van der Waals surface area contributed by atoms with Crippen molar-refractivity contribution in [1.82, 2.24) is 0 Å². The zero-order valence-electron chi connectivity index (χ0n) is 13.7. The maximum Gasteiger partial charge on any atom is 0.333 e. The first-order chi connectivity index (χ1) is 11.7. The molecule has 178 valence electrons. The molecule has 0 aliphatic heterocycles. The Bertz CT molecular complexity index is 530. The summed E-state index contributed by atoms with van der Waals surface area (Å²) in [6.45, 7) is 0. The molecule has 0 bridgehead atoms. The van der Waals surface area contributed by atoms with Crippen LogP contribution in [0, 0.1) is 11.8 Å². The maximum atomic E-state index is 10.3. The van der Waals surface area contributed by atoms with Crippen molar-refractivity contribution in [3.8, 4) is 0 Å². The Morgan fingerprint density at radius 1 is 0.483 bits per heavy atom. The van der Waals surface area contributed by atoms with E-state index in [0.717, 1.165) is 0 Å². The number of carbonyl (C=O) groups is 6. The number of carboxylic acid groups (broad SMARTS) is 6. The van der Waals surface area contributed by atoms with E-state index in [4.69, 9.17) is 40.9 Å². The molecular formula is C12H16O14Pt3. The van der Waals surface area contributed by atoms with Gasteiger partial charge < -0.3 is 40.9 Å². The minimum Gasteiger partial charge on any atom is -0.481 e. The van der Waals surface area contributed by atoms with E-state index < -0.39 is 72.7 Å². The summed E-state index contributed by atoms with van der Waals surface area (Å²) < 4.78 is 0. The first-order valence-corrected chi connectivity index (χ1v) is 6.43. The van der Waals surface area contributed by atoms with E-state index >= 15 is 0 Å². The van der Waals surface area contributed by atoms with Crippen molar-refractivity contribution in [2.24, 2.45) is 11.8 Å². The van der Waals surface area contributed by atoms with Crippen molar-refractivity contribution in [2.75, 3.05) is 0 Å². The van der Waals surface area contributed by atoms with Gasteiger partial charge in [0.1, 0.15) is 11.8 Å². The smallest absolute Gasteiger partial charge is 0.333 e. The van der Waals surface area contributed by atoms with Gasteiger partial charge in [-0.05, 0) is 0 Å². The molecule has 0 radical (unpaired) electrons. The molecule has 14 nitrogen and oxygen atoms in total. The summed E-state index contributed by atoms with van der Waals surface area (Å²) in [5.41, 5.74) is 0. The Balaban J connectivity index is -0.000000120. The van der Waals surface area contributed by atoms with Gasteiger partial charge in [0.25, 0.3) is 0 Å². The molecule has 0 aliphatic rings. The van der Waals surface area contributed by atoms with Crippen molar-refractivity contribution in [1.29, 1.82) is 0 Å². The standard InChI is InChI=1S/2C6H8O7.3Pt/c2*7-3(8)1-2(5(10)11)4(9)6(12)13;;;/h2*2,4,9H,1H2,(H,7,8)(H,10,11)(H,12,13);;;. The summed E-state index contributed by atoms with van der Waals surface area (Å²) >= 11 is 0. The SMILES string of the molecule is O=C(O)CC(C(=O)O)C(O)C(=O)O.O=C(O)CC(C(=O)O)C(O)C(=O)O.[Pt].[Pt].[Pt]. The molecule has 0 aromatic rings. The molecule has 0 saturated heterocycles. The van der Waals surface area contributed by atoms with Crippen LogP contribution in [0.1, 0.15) is 12.8 Å². The Morgan fingerprint density at radius 2 is 0.690 bits per heavy atom. The van der Waals surface area contributed by atoms with Gasteiger partial charge in [-0.2, -0.15) is 0 Å². The molecule has 8 N–H and O–H groups in total. The zero-order chi connectivity index (χ0) is 21.2. The van der Waals surface area contributed by atoms with Gasteiger partial charge in [0.05, 0.1) is 12.8 Å². The summed E-state index contributed by atoms with van der Waals surface area (Å²) in [6.07, 6.45) is -6.26. The fraction of sp³-hybridized carbons (Fsp3) is 0.500. The molecule has 0 aliphatic carbocycles. The molecule has 0 amide bonds. The summed E-state index contributed by atoms with van der Waals surface area (Å²) in [4.78, 5) is 61.0. The molecule has 4 unspecified atom stereocenters. The summed E-state index contributed by atoms with van der Waals surface area (Å²) in [6, 6.07) is 0. The van der Waals surface area contributed by atoms with Gasteiger partial charge in [0.2, 0.25) is 0 Å². The quantitative estimate of drug-likeness (QED) is 0.110. The molecule has 4 atom stereocenters. The van der Waals surface area contributed by atoms with E-state index in [0.29, 0.717) is 0 Å². The van der Waals surface area contributed by atoms with Gasteiger partial charge >= 0.3 is 35.8 Å². The van der Waals surface area contributed by atoms with Crippen LogP contribution in [0.2, 0.25) is 0 Å². The molecule has 0 spiro atoms. The van der Waals surface area contributed by atoms with Crippen LogP contribution >= 0.6 is 0 Å². The average Bonchev–Trinajstić information content (AvgIpc) is 2.48. The fourth-order valence-corrected chi connectivity index (χ4v) is 1.39. The van der Waals surface area contributed by atoms with E-state index in [-0.39, 0.29) is 63.2 Å². The number of hydrogen-bond acceptors (Lipinski definition) is 8. The van der Waals surface area contributed by atoms with E-state index in [1.165, 1.54) is 0 Å².